The number of hydrogen-bond donors (Lipinski definition) is 4. The van der Waals surface area contributed by atoms with Crippen molar-refractivity contribution in [2.45, 2.75) is 44.2 Å². The third-order valence-corrected chi connectivity index (χ3v) is 6.08. The molecular formula is C22H33N5O5. The summed E-state index contributed by atoms with van der Waals surface area (Å²) in [4.78, 5) is 26.6. The minimum atomic E-state index is -1.03. The van der Waals surface area contributed by atoms with Gasteiger partial charge >= 0.3 is 12.1 Å². The number of amides is 1. The summed E-state index contributed by atoms with van der Waals surface area (Å²) in [6, 6.07) is 6.16. The van der Waals surface area contributed by atoms with Crippen LogP contribution in [0.15, 0.2) is 24.3 Å². The van der Waals surface area contributed by atoms with Gasteiger partial charge in [-0.1, -0.05) is 12.1 Å². The molecule has 2 atom stereocenters. The molecule has 2 fully saturated rings. The van der Waals surface area contributed by atoms with E-state index < -0.39 is 12.0 Å². The number of cyclic esters (lactones) is 1. The Kier molecular flexibility index (Phi) is 8.15. The largest absolute Gasteiger partial charge is 0.490 e. The Labute approximate surface area is 187 Å². The van der Waals surface area contributed by atoms with E-state index in [9.17, 15) is 9.59 Å². The Bertz CT molecular complexity index is 794. The zero-order valence-corrected chi connectivity index (χ0v) is 18.2. The van der Waals surface area contributed by atoms with Crippen LogP contribution in [0.5, 0.6) is 5.75 Å². The third-order valence-electron chi connectivity index (χ3n) is 6.08. The van der Waals surface area contributed by atoms with Crippen molar-refractivity contribution in [1.29, 1.82) is 5.41 Å². The van der Waals surface area contributed by atoms with Gasteiger partial charge in [0.15, 0.2) is 12.1 Å². The molecule has 10 nitrogen and oxygen atoms in total. The van der Waals surface area contributed by atoms with Crippen molar-refractivity contribution in [3.63, 3.8) is 0 Å². The summed E-state index contributed by atoms with van der Waals surface area (Å²) in [5.41, 5.74) is 11.9. The molecule has 2 aliphatic heterocycles. The molecular weight excluding hydrogens is 414 g/mol. The number of ether oxygens (including phenoxy) is 2. The summed E-state index contributed by atoms with van der Waals surface area (Å²) in [5.74, 6) is 0.353. The van der Waals surface area contributed by atoms with E-state index in [1.807, 2.05) is 4.90 Å². The summed E-state index contributed by atoms with van der Waals surface area (Å²) in [6.07, 6.45) is 3.66. The number of nitrogens with zero attached hydrogens (tertiary/aromatic N) is 2. The van der Waals surface area contributed by atoms with E-state index in [1.54, 1.807) is 29.2 Å². The first-order valence-corrected chi connectivity index (χ1v) is 11.1. The summed E-state index contributed by atoms with van der Waals surface area (Å²) in [5, 5.41) is 16.4. The number of carbonyl (C=O) groups excluding carboxylic acids is 1. The molecule has 1 aromatic rings. The first-order chi connectivity index (χ1) is 15.3. The van der Waals surface area contributed by atoms with Gasteiger partial charge in [-0.05, 0) is 55.7 Å². The molecule has 0 radical (unpaired) electrons. The van der Waals surface area contributed by atoms with E-state index in [0.717, 1.165) is 44.3 Å². The zero-order chi connectivity index (χ0) is 23.1. The second-order valence-electron chi connectivity index (χ2n) is 8.51. The molecule has 2 aliphatic rings. The van der Waals surface area contributed by atoms with Gasteiger partial charge in [0.05, 0.1) is 6.54 Å². The Morgan fingerprint density at radius 1 is 1.28 bits per heavy atom. The van der Waals surface area contributed by atoms with Crippen LogP contribution in [0.1, 0.15) is 31.2 Å². The maximum atomic E-state index is 12.1. The quantitative estimate of drug-likeness (QED) is 0.308. The molecule has 1 aromatic carbocycles. The summed E-state index contributed by atoms with van der Waals surface area (Å²) in [6.45, 7) is 3.10. The number of aliphatic carboxylic acids is 1. The molecule has 176 valence electrons. The predicted octanol–water partition coefficient (Wildman–Crippen LogP) is 1.23. The lowest BCUT2D eigenvalue weighted by Crippen LogP contribution is -2.42. The summed E-state index contributed by atoms with van der Waals surface area (Å²) in [7, 11) is 0. The van der Waals surface area contributed by atoms with Crippen LogP contribution in [-0.4, -0.2) is 77.9 Å². The molecule has 2 unspecified atom stereocenters. The Hall–Kier alpha value is -3.01. The molecule has 10 heteroatoms. The van der Waals surface area contributed by atoms with Gasteiger partial charge in [0.2, 0.25) is 0 Å². The van der Waals surface area contributed by atoms with Gasteiger partial charge in [0, 0.05) is 19.6 Å². The molecule has 0 spiro atoms. The topological polar surface area (TPSA) is 155 Å². The van der Waals surface area contributed by atoms with Crippen LogP contribution in [0.25, 0.3) is 0 Å². The summed E-state index contributed by atoms with van der Waals surface area (Å²) >= 11 is 0. The van der Waals surface area contributed by atoms with Gasteiger partial charge in [-0.3, -0.25) is 10.2 Å². The molecule has 1 amide bonds. The van der Waals surface area contributed by atoms with Crippen molar-refractivity contribution in [2.75, 3.05) is 32.8 Å². The van der Waals surface area contributed by atoms with Crippen LogP contribution in [-0.2, 0) is 16.0 Å². The van der Waals surface area contributed by atoms with E-state index in [4.69, 9.17) is 31.5 Å². The van der Waals surface area contributed by atoms with Crippen molar-refractivity contribution < 1.29 is 24.2 Å². The first-order valence-electron chi connectivity index (χ1n) is 11.1. The predicted molar refractivity (Wildman–Crippen MR) is 119 cm³/mol. The van der Waals surface area contributed by atoms with Crippen LogP contribution in [0.3, 0.4) is 0 Å². The normalized spacial score (nSPS) is 20.2. The zero-order valence-electron chi connectivity index (χ0n) is 18.2. The van der Waals surface area contributed by atoms with Crippen LogP contribution in [0, 0.1) is 11.3 Å². The lowest BCUT2D eigenvalue weighted by molar-refractivity contribution is -0.138. The third kappa shape index (κ3) is 6.74. The average Bonchev–Trinajstić information content (AvgIpc) is 3.13. The number of carboxylic acids is 1. The fourth-order valence-electron chi connectivity index (χ4n) is 4.13. The van der Waals surface area contributed by atoms with Crippen molar-refractivity contribution in [3.8, 4) is 5.75 Å². The fraction of sp³-hybridized carbons (Fsp3) is 0.591. The van der Waals surface area contributed by atoms with E-state index in [2.05, 4.69) is 0 Å². The highest BCUT2D eigenvalue weighted by Crippen LogP contribution is 2.23. The minimum Gasteiger partial charge on any atom is -0.490 e. The van der Waals surface area contributed by atoms with E-state index >= 15 is 0 Å². The molecule has 0 aliphatic carbocycles. The average molecular weight is 448 g/mol. The maximum Gasteiger partial charge on any atom is 0.410 e. The highest BCUT2D eigenvalue weighted by atomic mass is 16.6. The fourth-order valence-corrected chi connectivity index (χ4v) is 4.13. The van der Waals surface area contributed by atoms with E-state index in [1.165, 1.54) is 0 Å². The number of carbonyl (C=O) groups is 2. The van der Waals surface area contributed by atoms with Crippen LogP contribution in [0.4, 0.5) is 4.79 Å². The van der Waals surface area contributed by atoms with Crippen LogP contribution < -0.4 is 16.2 Å². The van der Waals surface area contributed by atoms with Gasteiger partial charge in [-0.2, -0.15) is 0 Å². The van der Waals surface area contributed by atoms with E-state index in [-0.39, 0.29) is 31.2 Å². The number of benzene rings is 1. The van der Waals surface area contributed by atoms with Crippen molar-refractivity contribution in [1.82, 2.24) is 9.80 Å². The number of nitrogens with two attached hydrogens (primary N) is 2. The maximum absolute atomic E-state index is 12.1. The van der Waals surface area contributed by atoms with Gasteiger partial charge < -0.3 is 35.8 Å². The molecule has 0 bridgehead atoms. The Morgan fingerprint density at radius 2 is 1.97 bits per heavy atom. The lowest BCUT2D eigenvalue weighted by Gasteiger charge is -2.32. The molecule has 32 heavy (non-hydrogen) atoms. The number of carboxylic acid groups (broad SMARTS) is 1. The number of guanidine groups is 1. The number of rotatable bonds is 10. The molecule has 0 aromatic heterocycles. The summed E-state index contributed by atoms with van der Waals surface area (Å²) < 4.78 is 11.2. The number of likely N-dealkylation sites (tertiary alicyclic amines) is 1. The highest BCUT2D eigenvalue weighted by molar-refractivity contribution is 5.74. The number of nitrogens with one attached hydrogen (secondary N) is 1. The SMILES string of the molecule is N=C(N)N1CCC(CCCN2CC(COc3ccc(CC(N)C(=O)O)cc3)OC2=O)CC1. The Morgan fingerprint density at radius 3 is 2.59 bits per heavy atom. The first kappa shape index (κ1) is 23.6. The van der Waals surface area contributed by atoms with Crippen molar-refractivity contribution in [3.05, 3.63) is 29.8 Å². The van der Waals surface area contributed by atoms with Gasteiger partial charge in [0.1, 0.15) is 18.4 Å². The van der Waals surface area contributed by atoms with E-state index in [0.29, 0.717) is 24.8 Å². The highest BCUT2D eigenvalue weighted by Gasteiger charge is 2.31. The second-order valence-corrected chi connectivity index (χ2v) is 8.51. The van der Waals surface area contributed by atoms with Crippen molar-refractivity contribution >= 4 is 18.0 Å². The van der Waals surface area contributed by atoms with Gasteiger partial charge in [-0.15, -0.1) is 0 Å². The smallest absolute Gasteiger partial charge is 0.410 e. The van der Waals surface area contributed by atoms with Crippen LogP contribution >= 0.6 is 0 Å². The molecule has 0 saturated carbocycles. The van der Waals surface area contributed by atoms with Crippen LogP contribution in [0.2, 0.25) is 0 Å². The molecule has 3 rings (SSSR count). The Balaban J connectivity index is 1.34. The molecule has 2 heterocycles. The lowest BCUT2D eigenvalue weighted by atomic mass is 9.92. The van der Waals surface area contributed by atoms with Crippen molar-refractivity contribution in [2.24, 2.45) is 17.4 Å². The molecule has 6 N–H and O–H groups in total. The minimum absolute atomic E-state index is 0.148. The monoisotopic (exact) mass is 447 g/mol. The van der Waals surface area contributed by atoms with Gasteiger partial charge in [-0.25, -0.2) is 4.79 Å². The second kappa shape index (κ2) is 11.0. The standard InChI is InChI=1S/C22H33N5O5/c23-19(20(28)29)12-16-3-5-17(6-4-16)31-14-18-13-27(22(30)32-18)9-1-2-15-7-10-26(11-8-15)21(24)25/h3-6,15,18-19H,1-2,7-14,23H2,(H3,24,25)(H,28,29). The number of piperidine rings is 1. The van der Waals surface area contributed by atoms with Gasteiger partial charge in [0.25, 0.3) is 0 Å². The molecule has 2 saturated heterocycles. The number of hydrogen-bond acceptors (Lipinski definition) is 6.